The van der Waals surface area contributed by atoms with Crippen molar-refractivity contribution in [2.45, 2.75) is 0 Å². The van der Waals surface area contributed by atoms with Gasteiger partial charge in [-0.25, -0.2) is 5.43 Å². The molecule has 0 saturated heterocycles. The van der Waals surface area contributed by atoms with Crippen LogP contribution in [0.15, 0.2) is 108 Å². The predicted molar refractivity (Wildman–Crippen MR) is 134 cm³/mol. The molecule has 0 spiro atoms. The molecule has 5 rings (SSSR count). The molecule has 0 bridgehead atoms. The standard InChI is InChI=1S/C26H21N7/c1-3-13-21(14-4-1)28-24-30-25(29-22-15-5-2-6-16-22)32-26(31-24)33-27-18-20-12-9-11-19-10-7-8-17-23(19)20/h1-18H,(H3,28,29,30,31,32,33). The summed E-state index contributed by atoms with van der Waals surface area (Å²) >= 11 is 0. The number of anilines is 5. The largest absolute Gasteiger partial charge is 0.324 e. The maximum Gasteiger partial charge on any atom is 0.250 e. The van der Waals surface area contributed by atoms with E-state index in [-0.39, 0.29) is 0 Å². The Balaban J connectivity index is 1.41. The van der Waals surface area contributed by atoms with Crippen molar-refractivity contribution in [2.75, 3.05) is 16.1 Å². The zero-order chi connectivity index (χ0) is 22.3. The summed E-state index contributed by atoms with van der Waals surface area (Å²) in [5.74, 6) is 1.12. The van der Waals surface area contributed by atoms with E-state index in [1.54, 1.807) is 6.21 Å². The predicted octanol–water partition coefficient (Wildman–Crippen LogP) is 5.96. The zero-order valence-corrected chi connectivity index (χ0v) is 17.7. The van der Waals surface area contributed by atoms with E-state index in [9.17, 15) is 0 Å². The first-order valence-corrected chi connectivity index (χ1v) is 10.5. The van der Waals surface area contributed by atoms with Crippen LogP contribution >= 0.6 is 0 Å². The molecule has 0 saturated carbocycles. The molecular formula is C26H21N7. The van der Waals surface area contributed by atoms with Crippen molar-refractivity contribution in [3.05, 3.63) is 109 Å². The van der Waals surface area contributed by atoms with Crippen LogP contribution in [0.25, 0.3) is 10.8 Å². The van der Waals surface area contributed by atoms with Gasteiger partial charge in [-0.1, -0.05) is 78.9 Å². The van der Waals surface area contributed by atoms with Crippen molar-refractivity contribution in [3.63, 3.8) is 0 Å². The van der Waals surface area contributed by atoms with Gasteiger partial charge in [0.05, 0.1) is 6.21 Å². The third-order valence-corrected chi connectivity index (χ3v) is 4.89. The van der Waals surface area contributed by atoms with Gasteiger partial charge < -0.3 is 10.6 Å². The molecular weight excluding hydrogens is 410 g/mol. The molecule has 0 fully saturated rings. The van der Waals surface area contributed by atoms with E-state index in [4.69, 9.17) is 0 Å². The fourth-order valence-electron chi connectivity index (χ4n) is 3.36. The molecule has 0 aliphatic carbocycles. The molecule has 5 aromatic rings. The summed E-state index contributed by atoms with van der Waals surface area (Å²) in [6, 6.07) is 33.8. The summed E-state index contributed by atoms with van der Waals surface area (Å²) in [5.41, 5.74) is 5.69. The van der Waals surface area contributed by atoms with E-state index < -0.39 is 0 Å². The van der Waals surface area contributed by atoms with Crippen LogP contribution in [0.5, 0.6) is 0 Å². The fraction of sp³-hybridized carbons (Fsp3) is 0. The van der Waals surface area contributed by atoms with Crippen molar-refractivity contribution in [3.8, 4) is 0 Å². The molecule has 0 unspecified atom stereocenters. The van der Waals surface area contributed by atoms with Crippen LogP contribution in [0.4, 0.5) is 29.2 Å². The Morgan fingerprint density at radius 2 is 1.09 bits per heavy atom. The number of hydrazone groups is 1. The SMILES string of the molecule is C(=NNc1nc(Nc2ccccc2)nc(Nc2ccccc2)n1)c1cccc2ccccc12. The number of aromatic nitrogens is 3. The molecule has 160 valence electrons. The van der Waals surface area contributed by atoms with Gasteiger partial charge in [0.25, 0.3) is 0 Å². The Hall–Kier alpha value is -4.78. The Morgan fingerprint density at radius 3 is 1.76 bits per heavy atom. The number of rotatable bonds is 7. The summed E-state index contributed by atoms with van der Waals surface area (Å²) in [7, 11) is 0. The summed E-state index contributed by atoms with van der Waals surface area (Å²) in [6.45, 7) is 0. The van der Waals surface area contributed by atoms with Crippen LogP contribution in [0.2, 0.25) is 0 Å². The first kappa shape index (κ1) is 20.1. The Kier molecular flexibility index (Phi) is 5.84. The molecule has 3 N–H and O–H groups in total. The van der Waals surface area contributed by atoms with E-state index in [0.717, 1.165) is 27.7 Å². The second-order valence-corrected chi connectivity index (χ2v) is 7.23. The summed E-state index contributed by atoms with van der Waals surface area (Å²) in [6.07, 6.45) is 1.76. The van der Waals surface area contributed by atoms with Crippen LogP contribution in [0.1, 0.15) is 5.56 Å². The van der Waals surface area contributed by atoms with Gasteiger partial charge in [-0.15, -0.1) is 0 Å². The molecule has 1 aromatic heterocycles. The minimum absolute atomic E-state index is 0.318. The fourth-order valence-corrected chi connectivity index (χ4v) is 3.36. The Bertz CT molecular complexity index is 1320. The Labute approximate surface area is 191 Å². The highest BCUT2D eigenvalue weighted by Gasteiger charge is 2.07. The van der Waals surface area contributed by atoms with Gasteiger partial charge in [-0.3, -0.25) is 0 Å². The lowest BCUT2D eigenvalue weighted by Gasteiger charge is -2.10. The average molecular weight is 432 g/mol. The second kappa shape index (κ2) is 9.57. The average Bonchev–Trinajstić information content (AvgIpc) is 2.85. The molecule has 33 heavy (non-hydrogen) atoms. The van der Waals surface area contributed by atoms with E-state index in [2.05, 4.69) is 54.3 Å². The zero-order valence-electron chi connectivity index (χ0n) is 17.7. The lowest BCUT2D eigenvalue weighted by Crippen LogP contribution is -2.07. The number of benzene rings is 4. The first-order chi connectivity index (χ1) is 16.3. The van der Waals surface area contributed by atoms with Crippen LogP contribution < -0.4 is 16.1 Å². The quantitative estimate of drug-likeness (QED) is 0.218. The van der Waals surface area contributed by atoms with Gasteiger partial charge in [-0.2, -0.15) is 20.1 Å². The number of hydrogen-bond donors (Lipinski definition) is 3. The van der Waals surface area contributed by atoms with Crippen molar-refractivity contribution >= 4 is 46.2 Å². The minimum Gasteiger partial charge on any atom is -0.324 e. The molecule has 0 radical (unpaired) electrons. The number of hydrogen-bond acceptors (Lipinski definition) is 7. The van der Waals surface area contributed by atoms with Crippen molar-refractivity contribution in [1.29, 1.82) is 0 Å². The third kappa shape index (κ3) is 5.11. The van der Waals surface area contributed by atoms with Crippen LogP contribution in [0, 0.1) is 0 Å². The highest BCUT2D eigenvalue weighted by molar-refractivity contribution is 5.99. The monoisotopic (exact) mass is 431 g/mol. The molecule has 1 heterocycles. The van der Waals surface area contributed by atoms with Gasteiger partial charge >= 0.3 is 0 Å². The van der Waals surface area contributed by atoms with Gasteiger partial charge in [0, 0.05) is 16.9 Å². The lowest BCUT2D eigenvalue weighted by molar-refractivity contribution is 1.04. The van der Waals surface area contributed by atoms with Crippen molar-refractivity contribution < 1.29 is 0 Å². The van der Waals surface area contributed by atoms with Crippen molar-refractivity contribution in [1.82, 2.24) is 15.0 Å². The molecule has 7 heteroatoms. The summed E-state index contributed by atoms with van der Waals surface area (Å²) < 4.78 is 0. The summed E-state index contributed by atoms with van der Waals surface area (Å²) in [4.78, 5) is 13.4. The van der Waals surface area contributed by atoms with Gasteiger partial charge in [0.1, 0.15) is 0 Å². The third-order valence-electron chi connectivity index (χ3n) is 4.89. The first-order valence-electron chi connectivity index (χ1n) is 10.5. The topological polar surface area (TPSA) is 87.1 Å². The smallest absolute Gasteiger partial charge is 0.250 e. The van der Waals surface area contributed by atoms with Crippen molar-refractivity contribution in [2.24, 2.45) is 5.10 Å². The number of para-hydroxylation sites is 2. The lowest BCUT2D eigenvalue weighted by atomic mass is 10.1. The highest BCUT2D eigenvalue weighted by Crippen LogP contribution is 2.19. The van der Waals surface area contributed by atoms with Gasteiger partial charge in [0.2, 0.25) is 17.8 Å². The van der Waals surface area contributed by atoms with Gasteiger partial charge in [0.15, 0.2) is 0 Å². The van der Waals surface area contributed by atoms with E-state index in [0.29, 0.717) is 17.8 Å². The van der Waals surface area contributed by atoms with Gasteiger partial charge in [-0.05, 0) is 35.0 Å². The van der Waals surface area contributed by atoms with Crippen LogP contribution in [0.3, 0.4) is 0 Å². The summed E-state index contributed by atoms with van der Waals surface area (Å²) in [5, 5.41) is 13.1. The number of nitrogens with one attached hydrogen (secondary N) is 3. The molecule has 4 aromatic carbocycles. The van der Waals surface area contributed by atoms with E-state index in [1.807, 2.05) is 84.9 Å². The molecule has 7 nitrogen and oxygen atoms in total. The molecule has 0 aliphatic heterocycles. The minimum atomic E-state index is 0.318. The Morgan fingerprint density at radius 1 is 0.545 bits per heavy atom. The molecule has 0 amide bonds. The number of nitrogens with zero attached hydrogens (tertiary/aromatic N) is 4. The van der Waals surface area contributed by atoms with Crippen LogP contribution in [-0.2, 0) is 0 Å². The normalized spacial score (nSPS) is 10.9. The maximum atomic E-state index is 4.49. The van der Waals surface area contributed by atoms with E-state index >= 15 is 0 Å². The maximum absolute atomic E-state index is 4.49. The van der Waals surface area contributed by atoms with E-state index in [1.165, 1.54) is 0 Å². The second-order valence-electron chi connectivity index (χ2n) is 7.23. The number of fused-ring (bicyclic) bond motifs is 1. The highest BCUT2D eigenvalue weighted by atomic mass is 15.4. The molecule has 0 aliphatic rings. The molecule has 0 atom stereocenters. The van der Waals surface area contributed by atoms with Crippen LogP contribution in [-0.4, -0.2) is 21.2 Å².